The summed E-state index contributed by atoms with van der Waals surface area (Å²) in [4.78, 5) is 4.39. The van der Waals surface area contributed by atoms with Crippen molar-refractivity contribution in [2.45, 2.75) is 18.5 Å². The van der Waals surface area contributed by atoms with E-state index in [1.807, 2.05) is 28.9 Å². The summed E-state index contributed by atoms with van der Waals surface area (Å²) < 4.78 is 19.5. The lowest BCUT2D eigenvalue weighted by molar-refractivity contribution is 0.341. The van der Waals surface area contributed by atoms with Gasteiger partial charge in [0.2, 0.25) is 5.95 Å². The van der Waals surface area contributed by atoms with Gasteiger partial charge in [0.05, 0.1) is 33.4 Å². The zero-order chi connectivity index (χ0) is 19.7. The monoisotopic (exact) mass is 444 g/mol. The molecule has 0 saturated heterocycles. The summed E-state index contributed by atoms with van der Waals surface area (Å²) in [6.07, 6.45) is 2.34. The number of nitrogens with zero attached hydrogens (tertiary/aromatic N) is 3. The quantitative estimate of drug-likeness (QED) is 0.635. The van der Waals surface area contributed by atoms with Gasteiger partial charge >= 0.3 is 0 Å². The van der Waals surface area contributed by atoms with E-state index >= 15 is 0 Å². The van der Waals surface area contributed by atoms with Crippen molar-refractivity contribution in [3.63, 3.8) is 0 Å². The Morgan fingerprint density at radius 2 is 1.79 bits per heavy atom. The highest BCUT2D eigenvalue weighted by Gasteiger charge is 2.32. The second-order valence-electron chi connectivity index (χ2n) is 6.48. The van der Waals surface area contributed by atoms with Crippen LogP contribution in [0.1, 0.15) is 29.6 Å². The fourth-order valence-corrected chi connectivity index (χ4v) is 4.05. The maximum atomic E-state index is 5.67. The van der Waals surface area contributed by atoms with Gasteiger partial charge in [0.25, 0.3) is 0 Å². The van der Waals surface area contributed by atoms with E-state index in [-0.39, 0.29) is 12.1 Å². The third-order valence-electron chi connectivity index (χ3n) is 4.98. The molecular formula is C20H21BrN4O3. The molecule has 1 aliphatic rings. The molecule has 2 heterocycles. The lowest BCUT2D eigenvalue weighted by Crippen LogP contribution is -2.28. The van der Waals surface area contributed by atoms with E-state index in [0.29, 0.717) is 11.5 Å². The fourth-order valence-electron chi connectivity index (χ4n) is 3.63. The number of ether oxygens (including phenoxy) is 3. The molecule has 3 aromatic rings. The number of benzene rings is 2. The summed E-state index contributed by atoms with van der Waals surface area (Å²) in [5.74, 6) is 2.72. The molecule has 2 atom stereocenters. The van der Waals surface area contributed by atoms with E-state index in [1.165, 1.54) is 5.56 Å². The third-order valence-corrected chi connectivity index (χ3v) is 5.47. The maximum Gasteiger partial charge on any atom is 0.222 e. The van der Waals surface area contributed by atoms with Crippen molar-refractivity contribution in [3.8, 4) is 17.2 Å². The molecule has 2 aromatic carbocycles. The SMILES string of the molecule is COc1cc(OC)c([C@H]2C[C@@H](c3cccc(Br)c3)Nc3ncnn32)cc1OC. The molecule has 0 aliphatic carbocycles. The maximum absolute atomic E-state index is 5.67. The minimum atomic E-state index is -0.0718. The lowest BCUT2D eigenvalue weighted by atomic mass is 9.92. The first-order chi connectivity index (χ1) is 13.6. The molecule has 0 fully saturated rings. The molecule has 1 aromatic heterocycles. The van der Waals surface area contributed by atoms with Gasteiger partial charge in [0, 0.05) is 16.1 Å². The number of rotatable bonds is 5. The van der Waals surface area contributed by atoms with Crippen molar-refractivity contribution >= 4 is 21.9 Å². The van der Waals surface area contributed by atoms with Crippen LogP contribution in [0.3, 0.4) is 0 Å². The number of hydrogen-bond donors (Lipinski definition) is 1. The zero-order valence-electron chi connectivity index (χ0n) is 15.8. The minimum absolute atomic E-state index is 0.0718. The molecule has 0 bridgehead atoms. The Bertz CT molecular complexity index is 991. The highest BCUT2D eigenvalue weighted by atomic mass is 79.9. The van der Waals surface area contributed by atoms with E-state index in [0.717, 1.165) is 28.2 Å². The number of aromatic nitrogens is 3. The summed E-state index contributed by atoms with van der Waals surface area (Å²) in [6.45, 7) is 0. The molecule has 7 nitrogen and oxygen atoms in total. The largest absolute Gasteiger partial charge is 0.496 e. The summed E-state index contributed by atoms with van der Waals surface area (Å²) in [6, 6.07) is 12.1. The van der Waals surface area contributed by atoms with Crippen molar-refractivity contribution in [2.75, 3.05) is 26.6 Å². The average Bonchev–Trinajstić information content (AvgIpc) is 3.20. The molecule has 8 heteroatoms. The van der Waals surface area contributed by atoms with Crippen LogP contribution >= 0.6 is 15.9 Å². The normalized spacial score (nSPS) is 18.1. The molecule has 0 spiro atoms. The topological polar surface area (TPSA) is 70.4 Å². The average molecular weight is 445 g/mol. The molecule has 146 valence electrons. The van der Waals surface area contributed by atoms with Crippen LogP contribution in [-0.4, -0.2) is 36.1 Å². The number of halogens is 1. The van der Waals surface area contributed by atoms with Crippen LogP contribution in [0, 0.1) is 0 Å². The first-order valence-corrected chi connectivity index (χ1v) is 9.65. The molecule has 0 amide bonds. The molecule has 0 unspecified atom stereocenters. The van der Waals surface area contributed by atoms with Crippen LogP contribution in [-0.2, 0) is 0 Å². The predicted octanol–water partition coefficient (Wildman–Crippen LogP) is 4.21. The summed E-state index contributed by atoms with van der Waals surface area (Å²) >= 11 is 3.56. The number of methoxy groups -OCH3 is 3. The third kappa shape index (κ3) is 3.28. The molecule has 4 rings (SSSR count). The van der Waals surface area contributed by atoms with Crippen LogP contribution in [0.25, 0.3) is 0 Å². The van der Waals surface area contributed by atoms with Crippen molar-refractivity contribution in [2.24, 2.45) is 0 Å². The highest BCUT2D eigenvalue weighted by Crippen LogP contribution is 2.44. The Kier molecular flexibility index (Phi) is 5.13. The van der Waals surface area contributed by atoms with E-state index < -0.39 is 0 Å². The van der Waals surface area contributed by atoms with Gasteiger partial charge in [-0.25, -0.2) is 4.68 Å². The summed E-state index contributed by atoms with van der Waals surface area (Å²) in [7, 11) is 4.89. The first kappa shape index (κ1) is 18.6. The second kappa shape index (κ2) is 7.71. The van der Waals surface area contributed by atoms with Gasteiger partial charge in [-0.05, 0) is 30.2 Å². The number of hydrogen-bond acceptors (Lipinski definition) is 6. The Hall–Kier alpha value is -2.74. The fraction of sp³-hybridized carbons (Fsp3) is 0.300. The Morgan fingerprint density at radius 3 is 2.50 bits per heavy atom. The molecule has 28 heavy (non-hydrogen) atoms. The van der Waals surface area contributed by atoms with E-state index in [1.54, 1.807) is 27.7 Å². The minimum Gasteiger partial charge on any atom is -0.496 e. The smallest absolute Gasteiger partial charge is 0.222 e. The van der Waals surface area contributed by atoms with Gasteiger partial charge in [-0.2, -0.15) is 10.1 Å². The highest BCUT2D eigenvalue weighted by molar-refractivity contribution is 9.10. The van der Waals surface area contributed by atoms with Crippen molar-refractivity contribution in [1.82, 2.24) is 14.8 Å². The van der Waals surface area contributed by atoms with E-state index in [2.05, 4.69) is 43.5 Å². The van der Waals surface area contributed by atoms with Crippen LogP contribution in [0.2, 0.25) is 0 Å². The van der Waals surface area contributed by atoms with Crippen LogP contribution in [0.4, 0.5) is 5.95 Å². The summed E-state index contributed by atoms with van der Waals surface area (Å²) in [5.41, 5.74) is 2.14. The van der Waals surface area contributed by atoms with E-state index in [9.17, 15) is 0 Å². The molecule has 1 aliphatic heterocycles. The van der Waals surface area contributed by atoms with Gasteiger partial charge in [-0.3, -0.25) is 0 Å². The second-order valence-corrected chi connectivity index (χ2v) is 7.40. The van der Waals surface area contributed by atoms with Crippen molar-refractivity contribution in [1.29, 1.82) is 0 Å². The molecule has 0 saturated carbocycles. The zero-order valence-corrected chi connectivity index (χ0v) is 17.4. The van der Waals surface area contributed by atoms with Gasteiger partial charge in [0.1, 0.15) is 12.1 Å². The lowest BCUT2D eigenvalue weighted by Gasteiger charge is -2.32. The van der Waals surface area contributed by atoms with Gasteiger partial charge < -0.3 is 19.5 Å². The Labute approximate surface area is 171 Å². The van der Waals surface area contributed by atoms with Gasteiger partial charge in [0.15, 0.2) is 11.5 Å². The van der Waals surface area contributed by atoms with Crippen molar-refractivity contribution < 1.29 is 14.2 Å². The van der Waals surface area contributed by atoms with Gasteiger partial charge in [-0.1, -0.05) is 28.1 Å². The number of fused-ring (bicyclic) bond motifs is 1. The van der Waals surface area contributed by atoms with Crippen LogP contribution in [0.15, 0.2) is 47.2 Å². The first-order valence-electron chi connectivity index (χ1n) is 8.86. The Balaban J connectivity index is 1.80. The number of anilines is 1. The molecular weight excluding hydrogens is 424 g/mol. The van der Waals surface area contributed by atoms with Crippen LogP contribution in [0.5, 0.6) is 17.2 Å². The van der Waals surface area contributed by atoms with E-state index in [4.69, 9.17) is 14.2 Å². The molecule has 0 radical (unpaired) electrons. The Morgan fingerprint density at radius 1 is 1.04 bits per heavy atom. The van der Waals surface area contributed by atoms with Crippen molar-refractivity contribution in [3.05, 3.63) is 58.3 Å². The van der Waals surface area contributed by atoms with Crippen LogP contribution < -0.4 is 19.5 Å². The predicted molar refractivity (Wildman–Crippen MR) is 109 cm³/mol. The standard InChI is InChI=1S/C20H21BrN4O3/c1-26-17-10-19(28-3)18(27-2)8-14(17)16-9-15(12-5-4-6-13(21)7-12)24-20-22-11-23-25(16)20/h4-8,10-11,15-16H,9H2,1-3H3,(H,22,23,24)/t15-,16+/m0/s1. The number of nitrogens with one attached hydrogen (secondary N) is 1. The summed E-state index contributed by atoms with van der Waals surface area (Å²) in [5, 5.41) is 7.92. The van der Waals surface area contributed by atoms with Gasteiger partial charge in [-0.15, -0.1) is 0 Å². The molecule has 1 N–H and O–H groups in total.